The number of hydrogen-bond acceptors (Lipinski definition) is 3. The van der Waals surface area contributed by atoms with Crippen molar-refractivity contribution in [1.82, 2.24) is 5.32 Å². The van der Waals surface area contributed by atoms with Gasteiger partial charge in [-0.25, -0.2) is 0 Å². The summed E-state index contributed by atoms with van der Waals surface area (Å²) >= 11 is 5.91. The fourth-order valence-electron chi connectivity index (χ4n) is 2.48. The molecule has 94 valence electrons. The summed E-state index contributed by atoms with van der Waals surface area (Å²) in [5, 5.41) is 3.96. The molecular formula is C13H20ClN3. The van der Waals surface area contributed by atoms with E-state index >= 15 is 0 Å². The number of nitrogens with one attached hydrogen (secondary N) is 1. The fourth-order valence-corrected chi connectivity index (χ4v) is 2.66. The van der Waals surface area contributed by atoms with E-state index < -0.39 is 0 Å². The lowest BCUT2D eigenvalue weighted by molar-refractivity contribution is 0.394. The van der Waals surface area contributed by atoms with Crippen molar-refractivity contribution in [1.29, 1.82) is 0 Å². The Hall–Kier alpha value is -0.930. The average molecular weight is 254 g/mol. The molecule has 0 atom stereocenters. The van der Waals surface area contributed by atoms with E-state index in [2.05, 4.69) is 10.2 Å². The van der Waals surface area contributed by atoms with Crippen molar-refractivity contribution in [2.24, 2.45) is 5.92 Å². The molecule has 0 saturated carbocycles. The monoisotopic (exact) mass is 253 g/mol. The van der Waals surface area contributed by atoms with Crippen molar-refractivity contribution < 1.29 is 0 Å². The minimum absolute atomic E-state index is 0.705. The molecule has 0 unspecified atom stereocenters. The van der Waals surface area contributed by atoms with E-state index in [4.69, 9.17) is 17.3 Å². The van der Waals surface area contributed by atoms with Gasteiger partial charge in [0.2, 0.25) is 0 Å². The zero-order valence-corrected chi connectivity index (χ0v) is 11.0. The summed E-state index contributed by atoms with van der Waals surface area (Å²) in [6.45, 7) is 3.28. The zero-order chi connectivity index (χ0) is 12.3. The van der Waals surface area contributed by atoms with Gasteiger partial charge in [-0.3, -0.25) is 0 Å². The molecule has 1 heterocycles. The minimum Gasteiger partial charge on any atom is -0.397 e. The Morgan fingerprint density at radius 3 is 2.71 bits per heavy atom. The molecule has 0 aromatic heterocycles. The second-order valence-corrected chi connectivity index (χ2v) is 5.13. The van der Waals surface area contributed by atoms with E-state index in [-0.39, 0.29) is 0 Å². The number of rotatable bonds is 3. The summed E-state index contributed by atoms with van der Waals surface area (Å²) in [5.74, 6) is 0.796. The van der Waals surface area contributed by atoms with Gasteiger partial charge in [-0.2, -0.15) is 0 Å². The molecule has 17 heavy (non-hydrogen) atoms. The molecule has 3 nitrogen and oxygen atoms in total. The molecule has 1 fully saturated rings. The number of nitrogens with two attached hydrogens (primary N) is 1. The van der Waals surface area contributed by atoms with Gasteiger partial charge in [-0.15, -0.1) is 0 Å². The maximum absolute atomic E-state index is 6.01. The topological polar surface area (TPSA) is 41.3 Å². The molecule has 1 aromatic carbocycles. The maximum atomic E-state index is 6.01. The Bertz CT molecular complexity index is 373. The third-order valence-electron chi connectivity index (χ3n) is 3.44. The predicted molar refractivity (Wildman–Crippen MR) is 74.7 cm³/mol. The van der Waals surface area contributed by atoms with E-state index in [0.717, 1.165) is 36.9 Å². The van der Waals surface area contributed by atoms with Crippen molar-refractivity contribution >= 4 is 23.0 Å². The quantitative estimate of drug-likeness (QED) is 0.813. The van der Waals surface area contributed by atoms with Crippen LogP contribution in [-0.2, 0) is 0 Å². The van der Waals surface area contributed by atoms with Gasteiger partial charge in [0, 0.05) is 18.1 Å². The molecular weight excluding hydrogens is 234 g/mol. The van der Waals surface area contributed by atoms with Gasteiger partial charge in [0.25, 0.3) is 0 Å². The Labute approximate surface area is 108 Å². The van der Waals surface area contributed by atoms with Crippen molar-refractivity contribution in [2.45, 2.75) is 12.8 Å². The lowest BCUT2D eigenvalue weighted by Crippen LogP contribution is -2.37. The van der Waals surface area contributed by atoms with Gasteiger partial charge in [0.05, 0.1) is 11.4 Å². The number of piperidine rings is 1. The highest BCUT2D eigenvalue weighted by molar-refractivity contribution is 6.31. The van der Waals surface area contributed by atoms with E-state index in [9.17, 15) is 0 Å². The molecule has 0 bridgehead atoms. The number of nitrogens with zero attached hydrogens (tertiary/aromatic N) is 1. The third-order valence-corrected chi connectivity index (χ3v) is 3.67. The van der Waals surface area contributed by atoms with E-state index in [0.29, 0.717) is 5.02 Å². The summed E-state index contributed by atoms with van der Waals surface area (Å²) < 4.78 is 0. The molecule has 0 radical (unpaired) electrons. The van der Waals surface area contributed by atoms with E-state index in [1.165, 1.54) is 12.8 Å². The SMILES string of the molecule is CNCC1CCN(c2ccc(Cl)cc2N)CC1. The number of halogens is 1. The van der Waals surface area contributed by atoms with Crippen LogP contribution in [0.3, 0.4) is 0 Å². The first kappa shape index (κ1) is 12.5. The first-order valence-corrected chi connectivity index (χ1v) is 6.53. The Morgan fingerprint density at radius 1 is 1.41 bits per heavy atom. The van der Waals surface area contributed by atoms with Crippen molar-refractivity contribution in [3.05, 3.63) is 23.2 Å². The van der Waals surface area contributed by atoms with Crippen LogP contribution < -0.4 is 16.0 Å². The van der Waals surface area contributed by atoms with Gasteiger partial charge in [0.1, 0.15) is 0 Å². The molecule has 0 aliphatic carbocycles. The van der Waals surface area contributed by atoms with Crippen molar-refractivity contribution in [2.75, 3.05) is 37.3 Å². The van der Waals surface area contributed by atoms with Crippen LogP contribution in [0.25, 0.3) is 0 Å². The Kier molecular flexibility index (Phi) is 4.13. The van der Waals surface area contributed by atoms with Gasteiger partial charge < -0.3 is 16.0 Å². The highest BCUT2D eigenvalue weighted by atomic mass is 35.5. The summed E-state index contributed by atoms with van der Waals surface area (Å²) in [4.78, 5) is 2.36. The highest BCUT2D eigenvalue weighted by Crippen LogP contribution is 2.29. The van der Waals surface area contributed by atoms with E-state index in [1.807, 2.05) is 25.2 Å². The van der Waals surface area contributed by atoms with Crippen LogP contribution in [0.5, 0.6) is 0 Å². The molecule has 2 rings (SSSR count). The van der Waals surface area contributed by atoms with Crippen LogP contribution in [0.4, 0.5) is 11.4 Å². The minimum atomic E-state index is 0.705. The van der Waals surface area contributed by atoms with Crippen LogP contribution in [0, 0.1) is 5.92 Å². The number of benzene rings is 1. The fraction of sp³-hybridized carbons (Fsp3) is 0.538. The normalized spacial score (nSPS) is 17.4. The number of anilines is 2. The van der Waals surface area contributed by atoms with Gasteiger partial charge >= 0.3 is 0 Å². The molecule has 1 aliphatic heterocycles. The third kappa shape index (κ3) is 3.05. The molecule has 1 aliphatic rings. The van der Waals surface area contributed by atoms with Crippen molar-refractivity contribution in [3.8, 4) is 0 Å². The number of hydrogen-bond donors (Lipinski definition) is 2. The average Bonchev–Trinajstić information content (AvgIpc) is 2.31. The number of nitrogen functional groups attached to an aromatic ring is 1. The lowest BCUT2D eigenvalue weighted by atomic mass is 9.96. The van der Waals surface area contributed by atoms with Gasteiger partial charge in [0.15, 0.2) is 0 Å². The van der Waals surface area contributed by atoms with Gasteiger partial charge in [-0.05, 0) is 50.6 Å². The van der Waals surface area contributed by atoms with Crippen LogP contribution >= 0.6 is 11.6 Å². The highest BCUT2D eigenvalue weighted by Gasteiger charge is 2.19. The molecule has 3 N–H and O–H groups in total. The second kappa shape index (κ2) is 5.61. The summed E-state index contributed by atoms with van der Waals surface area (Å²) in [6.07, 6.45) is 2.45. The van der Waals surface area contributed by atoms with Crippen molar-refractivity contribution in [3.63, 3.8) is 0 Å². The van der Waals surface area contributed by atoms with Crippen LogP contribution in [0.1, 0.15) is 12.8 Å². The largest absolute Gasteiger partial charge is 0.397 e. The predicted octanol–water partition coefficient (Wildman–Crippen LogP) is 2.36. The summed E-state index contributed by atoms with van der Waals surface area (Å²) in [7, 11) is 2.02. The molecule has 1 saturated heterocycles. The van der Waals surface area contributed by atoms with Crippen LogP contribution in [0.15, 0.2) is 18.2 Å². The first-order chi connectivity index (χ1) is 8.20. The van der Waals surface area contributed by atoms with Crippen LogP contribution in [-0.4, -0.2) is 26.7 Å². The summed E-state index contributed by atoms with van der Waals surface area (Å²) in [6, 6.07) is 5.76. The molecule has 0 spiro atoms. The Balaban J connectivity index is 2.00. The summed E-state index contributed by atoms with van der Waals surface area (Å²) in [5.41, 5.74) is 7.91. The molecule has 0 amide bonds. The van der Waals surface area contributed by atoms with Gasteiger partial charge in [-0.1, -0.05) is 11.6 Å². The zero-order valence-electron chi connectivity index (χ0n) is 10.2. The van der Waals surface area contributed by atoms with Crippen LogP contribution in [0.2, 0.25) is 5.02 Å². The second-order valence-electron chi connectivity index (χ2n) is 4.69. The van der Waals surface area contributed by atoms with E-state index in [1.54, 1.807) is 0 Å². The first-order valence-electron chi connectivity index (χ1n) is 6.15. The standard InChI is InChI=1S/C13H20ClN3/c1-16-9-10-4-6-17(7-5-10)13-3-2-11(14)8-12(13)15/h2-3,8,10,16H,4-7,9,15H2,1H3. The molecule has 4 heteroatoms. The molecule has 1 aromatic rings. The smallest absolute Gasteiger partial charge is 0.0600 e. The maximum Gasteiger partial charge on any atom is 0.0600 e. The lowest BCUT2D eigenvalue weighted by Gasteiger charge is -2.34. The Morgan fingerprint density at radius 2 is 2.12 bits per heavy atom.